The number of carbonyl (C=O) groups is 2. The zero-order valence-corrected chi connectivity index (χ0v) is 14.8. The van der Waals surface area contributed by atoms with Crippen molar-refractivity contribution in [3.8, 4) is 0 Å². The third-order valence-electron chi connectivity index (χ3n) is 4.02. The first kappa shape index (κ1) is 18.1. The maximum Gasteiger partial charge on any atom is 0.374 e. The molecule has 0 radical (unpaired) electrons. The smallest absolute Gasteiger partial charge is 0.374 e. The number of benzene rings is 1. The van der Waals surface area contributed by atoms with E-state index in [0.29, 0.717) is 11.8 Å². The summed E-state index contributed by atoms with van der Waals surface area (Å²) in [4.78, 5) is 35.9. The molecular formula is C17H17NO7S. The number of esters is 1. The highest BCUT2D eigenvalue weighted by Crippen LogP contribution is 2.15. The molecule has 2 aromatic rings. The van der Waals surface area contributed by atoms with Crippen molar-refractivity contribution in [2.75, 3.05) is 18.1 Å². The molecule has 1 saturated heterocycles. The lowest BCUT2D eigenvalue weighted by atomic mass is 10.1. The molecule has 3 rings (SSSR count). The molecule has 1 atom stereocenters. The number of rotatable bonds is 4. The van der Waals surface area contributed by atoms with E-state index in [2.05, 4.69) is 5.32 Å². The van der Waals surface area contributed by atoms with Crippen LogP contribution in [0.4, 0.5) is 0 Å². The fourth-order valence-corrected chi connectivity index (χ4v) is 4.42. The molecule has 1 aromatic heterocycles. The average Bonchev–Trinajstić information content (AvgIpc) is 2.91. The Bertz CT molecular complexity index is 1040. The molecule has 0 unspecified atom stereocenters. The predicted octanol–water partition coefficient (Wildman–Crippen LogP) is 0.562. The van der Waals surface area contributed by atoms with Crippen LogP contribution < -0.4 is 10.7 Å². The Kier molecular flexibility index (Phi) is 4.82. The lowest BCUT2D eigenvalue weighted by Crippen LogP contribution is -2.38. The van der Waals surface area contributed by atoms with Crippen LogP contribution in [0, 0.1) is 6.92 Å². The van der Waals surface area contributed by atoms with Gasteiger partial charge in [-0.25, -0.2) is 13.2 Å². The minimum absolute atomic E-state index is 0.0272. The number of nitrogens with one attached hydrogen (secondary N) is 1. The van der Waals surface area contributed by atoms with Crippen LogP contribution in [0.5, 0.6) is 0 Å². The molecule has 0 bridgehead atoms. The van der Waals surface area contributed by atoms with Gasteiger partial charge in [-0.1, -0.05) is 11.6 Å². The highest BCUT2D eigenvalue weighted by molar-refractivity contribution is 7.91. The molecule has 0 saturated carbocycles. The summed E-state index contributed by atoms with van der Waals surface area (Å²) in [5.74, 6) is -1.95. The van der Waals surface area contributed by atoms with E-state index in [1.54, 1.807) is 18.2 Å². The minimum atomic E-state index is -3.12. The van der Waals surface area contributed by atoms with E-state index in [4.69, 9.17) is 9.15 Å². The van der Waals surface area contributed by atoms with Crippen LogP contribution in [0.15, 0.2) is 33.5 Å². The Labute approximate surface area is 149 Å². The molecule has 138 valence electrons. The minimum Gasteiger partial charge on any atom is -0.450 e. The van der Waals surface area contributed by atoms with Gasteiger partial charge in [0.15, 0.2) is 21.9 Å². The molecule has 0 spiro atoms. The van der Waals surface area contributed by atoms with Crippen LogP contribution in [0.1, 0.15) is 22.5 Å². The molecule has 1 aliphatic heterocycles. The first-order valence-electron chi connectivity index (χ1n) is 7.95. The molecule has 1 N–H and O–H groups in total. The third-order valence-corrected chi connectivity index (χ3v) is 5.78. The van der Waals surface area contributed by atoms with Gasteiger partial charge in [0.25, 0.3) is 5.91 Å². The van der Waals surface area contributed by atoms with Gasteiger partial charge in [-0.2, -0.15) is 0 Å². The van der Waals surface area contributed by atoms with Crippen molar-refractivity contribution in [3.05, 3.63) is 45.8 Å². The zero-order chi connectivity index (χ0) is 18.9. The maximum absolute atomic E-state index is 12.1. The van der Waals surface area contributed by atoms with Gasteiger partial charge >= 0.3 is 5.97 Å². The van der Waals surface area contributed by atoms with E-state index in [-0.39, 0.29) is 28.3 Å². The largest absolute Gasteiger partial charge is 0.450 e. The molecule has 1 aromatic carbocycles. The second-order valence-corrected chi connectivity index (χ2v) is 8.45. The van der Waals surface area contributed by atoms with E-state index < -0.39 is 34.4 Å². The number of carbonyl (C=O) groups excluding carboxylic acids is 2. The van der Waals surface area contributed by atoms with E-state index in [9.17, 15) is 22.8 Å². The van der Waals surface area contributed by atoms with Crippen LogP contribution in [0.25, 0.3) is 11.0 Å². The Morgan fingerprint density at radius 1 is 1.31 bits per heavy atom. The SMILES string of the molecule is Cc1ccc2oc(C(=O)OCC(=O)N[C@@H]3CCS(=O)(=O)C3)cc(=O)c2c1. The first-order valence-corrected chi connectivity index (χ1v) is 9.77. The normalized spacial score (nSPS) is 18.6. The second-order valence-electron chi connectivity index (χ2n) is 6.22. The average molecular weight is 379 g/mol. The molecule has 1 aliphatic rings. The van der Waals surface area contributed by atoms with Crippen molar-refractivity contribution in [2.24, 2.45) is 0 Å². The number of ether oxygens (including phenoxy) is 1. The molecule has 9 heteroatoms. The third kappa shape index (κ3) is 4.10. The fourth-order valence-electron chi connectivity index (χ4n) is 2.75. The second kappa shape index (κ2) is 6.91. The summed E-state index contributed by atoms with van der Waals surface area (Å²) < 4.78 is 32.9. The summed E-state index contributed by atoms with van der Waals surface area (Å²) in [5.41, 5.74) is 0.740. The van der Waals surface area contributed by atoms with Crippen molar-refractivity contribution < 1.29 is 27.2 Å². The van der Waals surface area contributed by atoms with E-state index in [1.165, 1.54) is 0 Å². The van der Waals surface area contributed by atoms with E-state index in [0.717, 1.165) is 11.6 Å². The van der Waals surface area contributed by atoms with E-state index in [1.807, 2.05) is 6.92 Å². The van der Waals surface area contributed by atoms with Crippen molar-refractivity contribution in [1.82, 2.24) is 5.32 Å². The van der Waals surface area contributed by atoms with Gasteiger partial charge in [0.1, 0.15) is 5.58 Å². The Morgan fingerprint density at radius 2 is 2.08 bits per heavy atom. The van der Waals surface area contributed by atoms with Crippen molar-refractivity contribution in [3.63, 3.8) is 0 Å². The summed E-state index contributed by atoms with van der Waals surface area (Å²) in [6, 6.07) is 5.51. The Balaban J connectivity index is 1.63. The number of hydrogen-bond donors (Lipinski definition) is 1. The van der Waals surface area contributed by atoms with Crippen LogP contribution in [0.3, 0.4) is 0 Å². The number of sulfone groups is 1. The van der Waals surface area contributed by atoms with Crippen molar-refractivity contribution >= 4 is 32.7 Å². The summed E-state index contributed by atoms with van der Waals surface area (Å²) in [5, 5.41) is 2.85. The Hall–Kier alpha value is -2.68. The maximum atomic E-state index is 12.1. The number of aryl methyl sites for hydroxylation is 1. The van der Waals surface area contributed by atoms with E-state index >= 15 is 0 Å². The highest BCUT2D eigenvalue weighted by atomic mass is 32.2. The van der Waals surface area contributed by atoms with Gasteiger partial charge in [0, 0.05) is 12.1 Å². The summed E-state index contributed by atoms with van der Waals surface area (Å²) in [6.45, 7) is 1.24. The number of amides is 1. The topological polar surface area (TPSA) is 120 Å². The molecule has 2 heterocycles. The number of hydrogen-bond acceptors (Lipinski definition) is 7. The molecule has 26 heavy (non-hydrogen) atoms. The first-order chi connectivity index (χ1) is 12.2. The number of fused-ring (bicyclic) bond motifs is 1. The summed E-state index contributed by atoms with van der Waals surface area (Å²) in [6.07, 6.45) is 0.334. The van der Waals surface area contributed by atoms with Crippen molar-refractivity contribution in [1.29, 1.82) is 0 Å². The zero-order valence-electron chi connectivity index (χ0n) is 14.0. The fraction of sp³-hybridized carbons (Fsp3) is 0.353. The summed E-state index contributed by atoms with van der Waals surface area (Å²) in [7, 11) is -3.12. The van der Waals surface area contributed by atoms with Crippen LogP contribution in [-0.4, -0.2) is 44.4 Å². The molecule has 1 amide bonds. The molecule has 8 nitrogen and oxygen atoms in total. The molecule has 1 fully saturated rings. The lowest BCUT2D eigenvalue weighted by Gasteiger charge is -2.10. The highest BCUT2D eigenvalue weighted by Gasteiger charge is 2.29. The van der Waals surface area contributed by atoms with Crippen LogP contribution in [-0.2, 0) is 19.4 Å². The van der Waals surface area contributed by atoms with Gasteiger partial charge in [-0.3, -0.25) is 9.59 Å². The quantitative estimate of drug-likeness (QED) is 0.771. The lowest BCUT2D eigenvalue weighted by molar-refractivity contribution is -0.124. The molecule has 0 aliphatic carbocycles. The summed E-state index contributed by atoms with van der Waals surface area (Å²) >= 11 is 0. The predicted molar refractivity (Wildman–Crippen MR) is 92.7 cm³/mol. The van der Waals surface area contributed by atoms with Crippen molar-refractivity contribution in [2.45, 2.75) is 19.4 Å². The van der Waals surface area contributed by atoms with Gasteiger partial charge in [-0.05, 0) is 25.5 Å². The van der Waals surface area contributed by atoms with Crippen LogP contribution in [0.2, 0.25) is 0 Å². The standard InChI is InChI=1S/C17H17NO7S/c1-10-2-3-14-12(6-10)13(19)7-15(25-14)17(21)24-8-16(20)18-11-4-5-26(22,23)9-11/h2-3,6-7,11H,4-5,8-9H2,1H3,(H,18,20)/t11-/m1/s1. The van der Waals surface area contributed by atoms with Gasteiger partial charge < -0.3 is 14.5 Å². The van der Waals surface area contributed by atoms with Gasteiger partial charge in [0.2, 0.25) is 5.76 Å². The van der Waals surface area contributed by atoms with Crippen LogP contribution >= 0.6 is 0 Å². The molecular weight excluding hydrogens is 362 g/mol. The monoisotopic (exact) mass is 379 g/mol. The Morgan fingerprint density at radius 3 is 2.77 bits per heavy atom. The van der Waals surface area contributed by atoms with Gasteiger partial charge in [-0.15, -0.1) is 0 Å². The van der Waals surface area contributed by atoms with Gasteiger partial charge in [0.05, 0.1) is 16.9 Å².